The number of nitrogens with one attached hydrogen (secondary N) is 1. The summed E-state index contributed by atoms with van der Waals surface area (Å²) in [5, 5.41) is 4.59. The van der Waals surface area contributed by atoms with Gasteiger partial charge in [-0.05, 0) is 0 Å². The third-order valence-electron chi connectivity index (χ3n) is 2.85. The molecule has 0 saturated carbocycles. The molecule has 2 heterocycles. The maximum Gasteiger partial charge on any atom is 0.221 e. The van der Waals surface area contributed by atoms with Gasteiger partial charge in [-0.2, -0.15) is 0 Å². The van der Waals surface area contributed by atoms with E-state index in [1.165, 1.54) is 0 Å². The van der Waals surface area contributed by atoms with Crippen LogP contribution in [0.25, 0.3) is 4.96 Å². The highest BCUT2D eigenvalue weighted by molar-refractivity contribution is 7.15. The van der Waals surface area contributed by atoms with Crippen LogP contribution in [0.2, 0.25) is 0 Å². The Hall–Kier alpha value is -1.60. The van der Waals surface area contributed by atoms with Crippen molar-refractivity contribution < 1.29 is 4.79 Å². The van der Waals surface area contributed by atoms with Crippen LogP contribution in [0.1, 0.15) is 12.1 Å². The maximum atomic E-state index is 11.2. The topological polar surface area (TPSA) is 75.7 Å². The van der Waals surface area contributed by atoms with E-state index >= 15 is 0 Å². The van der Waals surface area contributed by atoms with E-state index < -0.39 is 0 Å². The molecule has 0 radical (unpaired) electrons. The van der Waals surface area contributed by atoms with Crippen molar-refractivity contribution in [2.24, 2.45) is 5.73 Å². The zero-order chi connectivity index (χ0) is 13.1. The number of hydrogen-bond donors (Lipinski definition) is 2. The van der Waals surface area contributed by atoms with Crippen LogP contribution in [0.15, 0.2) is 11.6 Å². The minimum absolute atomic E-state index is 0.0252. The van der Waals surface area contributed by atoms with E-state index in [9.17, 15) is 4.79 Å². The van der Waals surface area contributed by atoms with Gasteiger partial charge in [0, 0.05) is 45.2 Å². The van der Waals surface area contributed by atoms with Gasteiger partial charge in [-0.1, -0.05) is 0 Å². The molecule has 0 spiro atoms. The van der Waals surface area contributed by atoms with Crippen LogP contribution in [0.5, 0.6) is 0 Å². The lowest BCUT2D eigenvalue weighted by molar-refractivity contribution is -0.120. The van der Waals surface area contributed by atoms with E-state index in [-0.39, 0.29) is 5.91 Å². The Kier molecular flexibility index (Phi) is 3.83. The summed E-state index contributed by atoms with van der Waals surface area (Å²) in [5.41, 5.74) is 6.76. The quantitative estimate of drug-likeness (QED) is 0.823. The first-order valence-corrected chi connectivity index (χ1v) is 6.61. The van der Waals surface area contributed by atoms with E-state index in [0.29, 0.717) is 19.5 Å². The lowest BCUT2D eigenvalue weighted by atomic mass is 10.3. The van der Waals surface area contributed by atoms with Gasteiger partial charge in [0.05, 0.1) is 5.69 Å². The predicted octanol–water partition coefficient (Wildman–Crippen LogP) is 0.427. The highest BCUT2D eigenvalue weighted by Gasteiger charge is 2.15. The SMILES string of the molecule is CNC(=O)CCN(C)c1nc2sccn2c1CN. The van der Waals surface area contributed by atoms with E-state index in [2.05, 4.69) is 10.3 Å². The molecule has 0 unspecified atom stereocenters. The molecular formula is C11H17N5OS. The molecule has 0 aliphatic carbocycles. The Morgan fingerprint density at radius 2 is 2.44 bits per heavy atom. The molecule has 2 rings (SSSR count). The second-order valence-electron chi connectivity index (χ2n) is 3.99. The number of carbonyl (C=O) groups is 1. The molecule has 98 valence electrons. The lowest BCUT2D eigenvalue weighted by Gasteiger charge is -2.17. The van der Waals surface area contributed by atoms with Crippen molar-refractivity contribution in [1.82, 2.24) is 14.7 Å². The summed E-state index contributed by atoms with van der Waals surface area (Å²) in [6.45, 7) is 1.05. The Morgan fingerprint density at radius 1 is 1.67 bits per heavy atom. The van der Waals surface area contributed by atoms with E-state index in [1.54, 1.807) is 18.4 Å². The zero-order valence-electron chi connectivity index (χ0n) is 10.5. The summed E-state index contributed by atoms with van der Waals surface area (Å²) in [6, 6.07) is 0. The summed E-state index contributed by atoms with van der Waals surface area (Å²) in [7, 11) is 3.56. The summed E-state index contributed by atoms with van der Waals surface area (Å²) < 4.78 is 2.00. The van der Waals surface area contributed by atoms with Crippen LogP contribution >= 0.6 is 11.3 Å². The molecule has 7 heteroatoms. The number of thiazole rings is 1. The Morgan fingerprint density at radius 3 is 3.11 bits per heavy atom. The zero-order valence-corrected chi connectivity index (χ0v) is 11.3. The fraction of sp³-hybridized carbons (Fsp3) is 0.455. The first-order valence-electron chi connectivity index (χ1n) is 5.73. The molecular weight excluding hydrogens is 250 g/mol. The minimum atomic E-state index is 0.0252. The molecule has 2 aromatic heterocycles. The smallest absolute Gasteiger partial charge is 0.221 e. The number of carbonyl (C=O) groups excluding carboxylic acids is 1. The lowest BCUT2D eigenvalue weighted by Crippen LogP contribution is -2.27. The molecule has 0 bridgehead atoms. The summed E-state index contributed by atoms with van der Waals surface area (Å²) in [6.07, 6.45) is 2.41. The number of fused-ring (bicyclic) bond motifs is 1. The largest absolute Gasteiger partial charge is 0.359 e. The number of amides is 1. The van der Waals surface area contributed by atoms with E-state index in [4.69, 9.17) is 5.73 Å². The van der Waals surface area contributed by atoms with Crippen molar-refractivity contribution in [2.75, 3.05) is 25.5 Å². The number of hydrogen-bond acceptors (Lipinski definition) is 5. The van der Waals surface area contributed by atoms with Crippen molar-refractivity contribution in [1.29, 1.82) is 0 Å². The standard InChI is InChI=1S/C11H17N5OS/c1-13-9(17)3-4-15(2)10-8(7-12)16-5-6-18-11(16)14-10/h5-6H,3-4,7,12H2,1-2H3,(H,13,17). The van der Waals surface area contributed by atoms with Crippen molar-refractivity contribution in [3.63, 3.8) is 0 Å². The number of imidazole rings is 1. The molecule has 0 aliphatic heterocycles. The third-order valence-corrected chi connectivity index (χ3v) is 3.60. The molecule has 0 aliphatic rings. The van der Waals surface area contributed by atoms with Crippen LogP contribution in [0, 0.1) is 0 Å². The fourth-order valence-corrected chi connectivity index (χ4v) is 2.54. The van der Waals surface area contributed by atoms with Gasteiger partial charge in [-0.3, -0.25) is 9.20 Å². The van der Waals surface area contributed by atoms with Gasteiger partial charge in [0.1, 0.15) is 0 Å². The van der Waals surface area contributed by atoms with E-state index in [0.717, 1.165) is 16.5 Å². The Bertz CT molecular complexity index is 547. The van der Waals surface area contributed by atoms with Gasteiger partial charge in [0.15, 0.2) is 10.8 Å². The molecule has 0 fully saturated rings. The molecule has 0 atom stereocenters. The average Bonchev–Trinajstić information content (AvgIpc) is 2.94. The highest BCUT2D eigenvalue weighted by atomic mass is 32.1. The second-order valence-corrected chi connectivity index (χ2v) is 4.86. The monoisotopic (exact) mass is 267 g/mol. The van der Waals surface area contributed by atoms with Gasteiger partial charge in [0.2, 0.25) is 5.91 Å². The summed E-state index contributed by atoms with van der Waals surface area (Å²) in [4.78, 5) is 18.7. The molecule has 18 heavy (non-hydrogen) atoms. The second kappa shape index (κ2) is 5.36. The number of nitrogens with zero attached hydrogens (tertiary/aromatic N) is 3. The number of anilines is 1. The Labute approximate surface area is 109 Å². The van der Waals surface area contributed by atoms with Gasteiger partial charge >= 0.3 is 0 Å². The fourth-order valence-electron chi connectivity index (χ4n) is 1.82. The number of rotatable bonds is 5. The maximum absolute atomic E-state index is 11.2. The van der Waals surface area contributed by atoms with Crippen LogP contribution in [0.4, 0.5) is 5.82 Å². The van der Waals surface area contributed by atoms with Crippen LogP contribution in [-0.4, -0.2) is 35.9 Å². The first-order chi connectivity index (χ1) is 8.67. The van der Waals surface area contributed by atoms with Crippen LogP contribution in [-0.2, 0) is 11.3 Å². The first kappa shape index (κ1) is 12.8. The molecule has 6 nitrogen and oxygen atoms in total. The van der Waals surface area contributed by atoms with E-state index in [1.807, 2.05) is 27.9 Å². The number of nitrogens with two attached hydrogens (primary N) is 1. The molecule has 0 aromatic carbocycles. The van der Waals surface area contributed by atoms with Gasteiger partial charge in [-0.25, -0.2) is 4.98 Å². The van der Waals surface area contributed by atoms with Crippen molar-refractivity contribution in [2.45, 2.75) is 13.0 Å². The van der Waals surface area contributed by atoms with Crippen LogP contribution < -0.4 is 16.0 Å². The van der Waals surface area contributed by atoms with Gasteiger partial charge in [0.25, 0.3) is 0 Å². The van der Waals surface area contributed by atoms with Crippen molar-refractivity contribution in [3.05, 3.63) is 17.3 Å². The summed E-state index contributed by atoms with van der Waals surface area (Å²) >= 11 is 1.57. The molecule has 1 amide bonds. The van der Waals surface area contributed by atoms with Gasteiger partial charge < -0.3 is 16.0 Å². The molecule has 2 aromatic rings. The Balaban J connectivity index is 2.18. The predicted molar refractivity (Wildman–Crippen MR) is 72.9 cm³/mol. The van der Waals surface area contributed by atoms with Crippen LogP contribution in [0.3, 0.4) is 0 Å². The van der Waals surface area contributed by atoms with Crippen molar-refractivity contribution >= 4 is 28.0 Å². The molecule has 0 saturated heterocycles. The highest BCUT2D eigenvalue weighted by Crippen LogP contribution is 2.23. The van der Waals surface area contributed by atoms with Gasteiger partial charge in [-0.15, -0.1) is 11.3 Å². The number of aromatic nitrogens is 2. The average molecular weight is 267 g/mol. The third kappa shape index (κ3) is 2.32. The van der Waals surface area contributed by atoms with Crippen molar-refractivity contribution in [3.8, 4) is 0 Å². The summed E-state index contributed by atoms with van der Waals surface area (Å²) in [5.74, 6) is 0.880. The minimum Gasteiger partial charge on any atom is -0.359 e. The normalized spacial score (nSPS) is 10.8. The molecule has 3 N–H and O–H groups in total.